The molecule has 0 saturated carbocycles. The number of thiophene rings is 1. The van der Waals surface area contributed by atoms with Crippen molar-refractivity contribution < 1.29 is 0 Å². The molecule has 1 aliphatic rings. The second-order valence-electron chi connectivity index (χ2n) is 6.62. The largest absolute Gasteiger partial charge is 0.293 e. The summed E-state index contributed by atoms with van der Waals surface area (Å²) in [6.45, 7) is 2.84. The third-order valence-electron chi connectivity index (χ3n) is 4.93. The minimum Gasteiger partial charge on any atom is -0.293 e. The average molecular weight is 358 g/mol. The first-order chi connectivity index (χ1) is 12.9. The Morgan fingerprint density at radius 2 is 2.08 bits per heavy atom. The molecule has 0 atom stereocenters. The zero-order valence-electron chi connectivity index (χ0n) is 14.3. The van der Waals surface area contributed by atoms with Crippen LogP contribution in [0.3, 0.4) is 0 Å². The lowest BCUT2D eigenvalue weighted by atomic mass is 10.0. The minimum atomic E-state index is 0.844. The number of fused-ring (bicyclic) bond motifs is 2. The fourth-order valence-electron chi connectivity index (χ4n) is 3.59. The third-order valence-corrected chi connectivity index (χ3v) is 5.80. The monoisotopic (exact) mass is 358 g/mol. The third kappa shape index (κ3) is 2.89. The normalized spacial score (nSPS) is 14.5. The van der Waals surface area contributed by atoms with Crippen LogP contribution < -0.4 is 0 Å². The summed E-state index contributed by atoms with van der Waals surface area (Å²) in [5, 5.41) is 4.56. The molecule has 0 unspecified atom stereocenters. The van der Waals surface area contributed by atoms with Gasteiger partial charge in [0.2, 0.25) is 0 Å². The first-order valence-corrected chi connectivity index (χ1v) is 9.67. The number of rotatable bonds is 3. The molecule has 3 aromatic heterocycles. The van der Waals surface area contributed by atoms with Gasteiger partial charge in [-0.2, -0.15) is 0 Å². The Balaban J connectivity index is 1.42. The highest BCUT2D eigenvalue weighted by molar-refractivity contribution is 7.13. The highest BCUT2D eigenvalue weighted by Gasteiger charge is 2.19. The van der Waals surface area contributed by atoms with Gasteiger partial charge >= 0.3 is 0 Å². The summed E-state index contributed by atoms with van der Waals surface area (Å²) in [6, 6.07) is 12.7. The molecule has 0 N–H and O–H groups in total. The Morgan fingerprint density at radius 1 is 1.08 bits per heavy atom. The van der Waals surface area contributed by atoms with Crippen molar-refractivity contribution in [3.63, 3.8) is 0 Å². The van der Waals surface area contributed by atoms with Gasteiger partial charge in [0.05, 0.1) is 10.6 Å². The van der Waals surface area contributed by atoms with Crippen LogP contribution in [-0.2, 0) is 19.5 Å². The molecule has 1 aromatic carbocycles. The van der Waals surface area contributed by atoms with Crippen molar-refractivity contribution in [3.8, 4) is 10.7 Å². The summed E-state index contributed by atoms with van der Waals surface area (Å²) in [4.78, 5) is 17.3. The molecule has 4 aromatic rings. The summed E-state index contributed by atoms with van der Waals surface area (Å²) >= 11 is 1.69. The van der Waals surface area contributed by atoms with E-state index in [1.54, 1.807) is 11.3 Å². The number of aromatic nitrogens is 3. The molecule has 0 amide bonds. The molecule has 0 radical (unpaired) electrons. The number of hydrogen-bond donors (Lipinski definition) is 0. The van der Waals surface area contributed by atoms with E-state index in [-0.39, 0.29) is 0 Å². The van der Waals surface area contributed by atoms with E-state index in [0.717, 1.165) is 42.5 Å². The second-order valence-corrected chi connectivity index (χ2v) is 7.57. The maximum absolute atomic E-state index is 4.86. The van der Waals surface area contributed by atoms with Crippen LogP contribution >= 0.6 is 11.3 Å². The van der Waals surface area contributed by atoms with E-state index < -0.39 is 0 Å². The van der Waals surface area contributed by atoms with E-state index >= 15 is 0 Å². The molecule has 4 heterocycles. The Morgan fingerprint density at radius 3 is 3.00 bits per heavy atom. The molecular weight excluding hydrogens is 340 g/mol. The Bertz CT molecular complexity index is 1050. The molecule has 0 fully saturated rings. The van der Waals surface area contributed by atoms with Crippen molar-refractivity contribution >= 4 is 22.1 Å². The summed E-state index contributed by atoms with van der Waals surface area (Å²) < 4.78 is 0. The lowest BCUT2D eigenvalue weighted by Gasteiger charge is -2.28. The van der Waals surface area contributed by atoms with Gasteiger partial charge in [-0.05, 0) is 40.4 Å². The van der Waals surface area contributed by atoms with Crippen LogP contribution in [0.5, 0.6) is 0 Å². The molecule has 5 rings (SSSR count). The Kier molecular flexibility index (Phi) is 3.96. The lowest BCUT2D eigenvalue weighted by Crippen LogP contribution is -2.31. The smallest absolute Gasteiger partial charge is 0.169 e. The lowest BCUT2D eigenvalue weighted by molar-refractivity contribution is 0.242. The molecule has 0 aliphatic carbocycles. The van der Waals surface area contributed by atoms with Gasteiger partial charge in [0.1, 0.15) is 0 Å². The predicted octanol–water partition coefficient (Wildman–Crippen LogP) is 4.31. The van der Waals surface area contributed by atoms with Crippen LogP contribution in [-0.4, -0.2) is 26.4 Å². The second kappa shape index (κ2) is 6.59. The maximum Gasteiger partial charge on any atom is 0.169 e. The summed E-state index contributed by atoms with van der Waals surface area (Å²) in [7, 11) is 0. The van der Waals surface area contributed by atoms with Crippen LogP contribution in [0.1, 0.15) is 16.8 Å². The van der Waals surface area contributed by atoms with Crippen LogP contribution in [0.25, 0.3) is 21.5 Å². The molecule has 0 bridgehead atoms. The van der Waals surface area contributed by atoms with E-state index in [9.17, 15) is 0 Å². The van der Waals surface area contributed by atoms with Crippen LogP contribution in [0, 0.1) is 0 Å². The van der Waals surface area contributed by atoms with Gasteiger partial charge in [0, 0.05) is 43.6 Å². The standard InChI is InChI=1S/C21H18N4S/c1-3-15-11-22-8-6-18(15)17(4-1)13-25-9-7-16-12-23-21(24-19(16)14-25)20-5-2-10-26-20/h1-6,8,10-12H,7,9,13-14H2. The van der Waals surface area contributed by atoms with Crippen molar-refractivity contribution in [3.05, 3.63) is 77.2 Å². The zero-order valence-corrected chi connectivity index (χ0v) is 15.1. The molecule has 0 spiro atoms. The van der Waals surface area contributed by atoms with Gasteiger partial charge in [-0.25, -0.2) is 9.97 Å². The first-order valence-electron chi connectivity index (χ1n) is 8.79. The predicted molar refractivity (Wildman–Crippen MR) is 105 cm³/mol. The summed E-state index contributed by atoms with van der Waals surface area (Å²) in [5.74, 6) is 0.844. The Hall–Kier alpha value is -2.63. The van der Waals surface area contributed by atoms with Gasteiger partial charge in [0.25, 0.3) is 0 Å². The number of pyridine rings is 1. The Labute approximate surface area is 156 Å². The van der Waals surface area contributed by atoms with Crippen molar-refractivity contribution in [2.75, 3.05) is 6.54 Å². The van der Waals surface area contributed by atoms with Gasteiger partial charge < -0.3 is 0 Å². The highest BCUT2D eigenvalue weighted by atomic mass is 32.1. The maximum atomic E-state index is 4.86. The molecule has 5 heteroatoms. The van der Waals surface area contributed by atoms with E-state index in [2.05, 4.69) is 50.6 Å². The minimum absolute atomic E-state index is 0.844. The fraction of sp³-hybridized carbons (Fsp3) is 0.190. The van der Waals surface area contributed by atoms with Gasteiger partial charge in [-0.15, -0.1) is 11.3 Å². The summed E-state index contributed by atoms with van der Waals surface area (Å²) in [6.07, 6.45) is 6.83. The fourth-order valence-corrected chi connectivity index (χ4v) is 4.25. The van der Waals surface area contributed by atoms with E-state index in [0.29, 0.717) is 0 Å². The highest BCUT2D eigenvalue weighted by Crippen LogP contribution is 2.26. The first kappa shape index (κ1) is 15.6. The number of nitrogens with zero attached hydrogens (tertiary/aromatic N) is 4. The van der Waals surface area contributed by atoms with Gasteiger partial charge in [-0.3, -0.25) is 9.88 Å². The van der Waals surface area contributed by atoms with Crippen LogP contribution in [0.2, 0.25) is 0 Å². The summed E-state index contributed by atoms with van der Waals surface area (Å²) in [5.41, 5.74) is 3.79. The van der Waals surface area contributed by atoms with Crippen molar-refractivity contribution in [1.82, 2.24) is 19.9 Å². The van der Waals surface area contributed by atoms with Crippen LogP contribution in [0.4, 0.5) is 0 Å². The molecular formula is C21H18N4S. The van der Waals surface area contributed by atoms with Crippen LogP contribution in [0.15, 0.2) is 60.4 Å². The van der Waals surface area contributed by atoms with E-state index in [1.165, 1.54) is 21.9 Å². The topological polar surface area (TPSA) is 41.9 Å². The SMILES string of the molecule is c1csc(-c2ncc3c(n2)CN(Cc2cccc4cnccc24)CC3)c1. The molecule has 1 aliphatic heterocycles. The molecule has 128 valence electrons. The van der Waals surface area contributed by atoms with Gasteiger partial charge in [-0.1, -0.05) is 24.3 Å². The van der Waals surface area contributed by atoms with E-state index in [4.69, 9.17) is 4.98 Å². The van der Waals surface area contributed by atoms with Crippen molar-refractivity contribution in [2.45, 2.75) is 19.5 Å². The number of benzene rings is 1. The number of hydrogen-bond acceptors (Lipinski definition) is 5. The molecule has 4 nitrogen and oxygen atoms in total. The van der Waals surface area contributed by atoms with Crippen molar-refractivity contribution in [2.24, 2.45) is 0 Å². The molecule has 0 saturated heterocycles. The van der Waals surface area contributed by atoms with Gasteiger partial charge in [0.15, 0.2) is 5.82 Å². The van der Waals surface area contributed by atoms with E-state index in [1.807, 2.05) is 24.7 Å². The quantitative estimate of drug-likeness (QED) is 0.547. The van der Waals surface area contributed by atoms with Crippen molar-refractivity contribution in [1.29, 1.82) is 0 Å². The molecule has 26 heavy (non-hydrogen) atoms. The zero-order chi connectivity index (χ0) is 17.3. The average Bonchev–Trinajstić information content (AvgIpc) is 3.23.